The van der Waals surface area contributed by atoms with Gasteiger partial charge < -0.3 is 5.73 Å². The Bertz CT molecular complexity index is 796. The molecule has 3 aliphatic carbocycles. The third-order valence-corrected chi connectivity index (χ3v) is 10.8. The van der Waals surface area contributed by atoms with Crippen molar-refractivity contribution < 1.29 is 14.1 Å². The van der Waals surface area contributed by atoms with Gasteiger partial charge in [0.1, 0.15) is 6.04 Å². The molecule has 1 heterocycles. The van der Waals surface area contributed by atoms with E-state index in [4.69, 9.17) is 5.73 Å². The van der Waals surface area contributed by atoms with E-state index in [0.29, 0.717) is 29.0 Å². The van der Waals surface area contributed by atoms with Crippen molar-refractivity contribution in [3.8, 4) is 0 Å². The number of primary amides is 1. The molecule has 5 nitrogen and oxygen atoms in total. The van der Waals surface area contributed by atoms with Crippen LogP contribution in [0.15, 0.2) is 12.2 Å². The first-order valence-corrected chi connectivity index (χ1v) is 14.3. The smallest absolute Gasteiger partial charge is 0.339 e. The highest BCUT2D eigenvalue weighted by Crippen LogP contribution is 2.64. The number of quaternary nitrogens is 1. The van der Waals surface area contributed by atoms with Gasteiger partial charge in [-0.2, -0.15) is 0 Å². The fourth-order valence-corrected chi connectivity index (χ4v) is 8.93. The lowest BCUT2D eigenvalue weighted by atomic mass is 9.48. The molecule has 7 atom stereocenters. The van der Waals surface area contributed by atoms with E-state index in [1.807, 2.05) is 6.08 Å². The first-order chi connectivity index (χ1) is 16.2. The number of nitrogens with two attached hydrogens (primary N) is 1. The van der Waals surface area contributed by atoms with Crippen LogP contribution in [0.5, 0.6) is 0 Å². The van der Waals surface area contributed by atoms with Gasteiger partial charge in [-0.3, -0.25) is 4.90 Å². The quantitative estimate of drug-likeness (QED) is 0.319. The van der Waals surface area contributed by atoms with Crippen LogP contribution in [0.4, 0.5) is 4.79 Å². The van der Waals surface area contributed by atoms with Gasteiger partial charge in [0.15, 0.2) is 6.67 Å². The van der Waals surface area contributed by atoms with Gasteiger partial charge in [0.05, 0.1) is 7.05 Å². The van der Waals surface area contributed by atoms with Gasteiger partial charge >= 0.3 is 11.9 Å². The first kappa shape index (κ1) is 25.7. The number of carbonyl (C=O) groups is 2. The number of urea groups is 1. The topological polar surface area (TPSA) is 63.4 Å². The van der Waals surface area contributed by atoms with Gasteiger partial charge in [-0.25, -0.2) is 14.1 Å². The number of carbonyl (C=O) groups excluding carboxylic acids is 2. The zero-order chi connectivity index (χ0) is 24.6. The number of likely N-dealkylation sites (N-methyl/N-ethyl adjacent to an activating group) is 1. The normalized spacial score (nSPS) is 41.0. The van der Waals surface area contributed by atoms with Gasteiger partial charge in [0.25, 0.3) is 0 Å². The average molecular weight is 473 g/mol. The minimum Gasteiger partial charge on any atom is -0.351 e. The molecule has 3 fully saturated rings. The van der Waals surface area contributed by atoms with Crippen LogP contribution in [0.25, 0.3) is 0 Å². The Labute approximate surface area is 208 Å². The van der Waals surface area contributed by atoms with Crippen LogP contribution in [-0.4, -0.2) is 47.6 Å². The lowest BCUT2D eigenvalue weighted by molar-refractivity contribution is -0.878. The van der Waals surface area contributed by atoms with Crippen LogP contribution in [-0.2, 0) is 4.79 Å². The molecule has 2 N–H and O–H groups in total. The zero-order valence-electron chi connectivity index (χ0n) is 22.4. The summed E-state index contributed by atoms with van der Waals surface area (Å²) in [5.74, 6) is 2.41. The lowest BCUT2D eigenvalue weighted by Gasteiger charge is -2.61. The summed E-state index contributed by atoms with van der Waals surface area (Å²) < 4.78 is 0.303. The number of unbranched alkanes of at least 4 members (excludes halogenated alkanes) is 5. The Hall–Kier alpha value is -1.36. The summed E-state index contributed by atoms with van der Waals surface area (Å²) in [4.78, 5) is 27.6. The first-order valence-electron chi connectivity index (χ1n) is 14.3. The highest BCUT2D eigenvalue weighted by atomic mass is 16.2. The molecule has 5 heteroatoms. The van der Waals surface area contributed by atoms with Crippen molar-refractivity contribution in [2.24, 2.45) is 34.3 Å². The Morgan fingerprint density at radius 2 is 1.79 bits per heavy atom. The van der Waals surface area contributed by atoms with E-state index in [2.05, 4.69) is 33.9 Å². The second-order valence-electron chi connectivity index (χ2n) is 12.9. The molecule has 192 valence electrons. The largest absolute Gasteiger partial charge is 0.351 e. The molecular formula is C29H50N3O2+. The van der Waals surface area contributed by atoms with Crippen LogP contribution >= 0.6 is 0 Å². The number of hydrogen-bond acceptors (Lipinski definition) is 2. The number of hydrogen-bond donors (Lipinski definition) is 1. The fourth-order valence-electron chi connectivity index (χ4n) is 8.93. The van der Waals surface area contributed by atoms with Crippen molar-refractivity contribution in [3.63, 3.8) is 0 Å². The molecule has 0 saturated heterocycles. The van der Waals surface area contributed by atoms with Crippen molar-refractivity contribution in [2.45, 2.75) is 110 Å². The summed E-state index contributed by atoms with van der Waals surface area (Å²) >= 11 is 0. The monoisotopic (exact) mass is 472 g/mol. The summed E-state index contributed by atoms with van der Waals surface area (Å²) in [7, 11) is 2.08. The van der Waals surface area contributed by atoms with Crippen molar-refractivity contribution in [1.82, 2.24) is 4.90 Å². The minimum absolute atomic E-state index is 0.0129. The summed E-state index contributed by atoms with van der Waals surface area (Å²) in [5.41, 5.74) is 6.40. The maximum absolute atomic E-state index is 13.4. The maximum Gasteiger partial charge on any atom is 0.339 e. The van der Waals surface area contributed by atoms with Crippen LogP contribution in [0.2, 0.25) is 0 Å². The average Bonchev–Trinajstić information content (AvgIpc) is 3.20. The molecule has 4 rings (SSSR count). The van der Waals surface area contributed by atoms with Gasteiger partial charge in [-0.1, -0.05) is 65.4 Å². The lowest BCUT2D eigenvalue weighted by Crippen LogP contribution is -2.70. The molecule has 34 heavy (non-hydrogen) atoms. The zero-order valence-corrected chi connectivity index (χ0v) is 22.4. The molecule has 4 aliphatic rings. The summed E-state index contributed by atoms with van der Waals surface area (Å²) in [6, 6.07) is -0.159. The third kappa shape index (κ3) is 4.47. The van der Waals surface area contributed by atoms with Crippen LogP contribution in [0.1, 0.15) is 104 Å². The van der Waals surface area contributed by atoms with E-state index in [9.17, 15) is 9.59 Å². The SMILES string of the molecule is CCCCCCCCN(C[N+]1(C)C(=O)C=C[C@@]2(C)[C@H]1CC[C@H]1[C@@H]3CCC[C@@]3(C)CC[C@@H]12)C(N)=O. The number of nitrogens with zero attached hydrogens (tertiary/aromatic N) is 2. The molecular weight excluding hydrogens is 422 g/mol. The number of rotatable bonds is 9. The highest BCUT2D eigenvalue weighted by molar-refractivity contribution is 5.83. The van der Waals surface area contributed by atoms with Gasteiger partial charge in [0.2, 0.25) is 0 Å². The van der Waals surface area contributed by atoms with Crippen LogP contribution in [0.3, 0.4) is 0 Å². The molecule has 0 spiro atoms. The molecule has 0 aromatic carbocycles. The second-order valence-corrected chi connectivity index (χ2v) is 12.9. The van der Waals surface area contributed by atoms with E-state index in [-0.39, 0.29) is 23.4 Å². The second kappa shape index (κ2) is 9.95. The van der Waals surface area contributed by atoms with Crippen molar-refractivity contribution in [3.05, 3.63) is 12.2 Å². The molecule has 0 bridgehead atoms. The molecule has 1 aliphatic heterocycles. The molecule has 0 radical (unpaired) electrons. The van der Waals surface area contributed by atoms with Crippen molar-refractivity contribution in [2.75, 3.05) is 20.3 Å². The van der Waals surface area contributed by atoms with Gasteiger partial charge in [0, 0.05) is 24.5 Å². The van der Waals surface area contributed by atoms with Crippen LogP contribution in [0, 0.1) is 28.6 Å². The standard InChI is InChI=1S/C29H49N3O2/c1-5-6-7-8-9-10-20-31(27(30)34)21-32(4)25-14-13-22-23-12-11-17-28(23,2)18-15-24(22)29(25,3)19-16-26(32)33/h16,19,22-25H,5-15,17-18,20-21H2,1-4H3,(H-,30,34)/p+1/t22-,23-,24-,25+,28-,29+,32?/m0/s1. The molecule has 0 aromatic rings. The predicted octanol–water partition coefficient (Wildman–Crippen LogP) is 6.23. The molecule has 3 amide bonds. The number of amides is 3. The number of fused-ring (bicyclic) bond motifs is 5. The van der Waals surface area contributed by atoms with E-state index < -0.39 is 0 Å². The molecule has 3 saturated carbocycles. The molecule has 0 aromatic heterocycles. The van der Waals surface area contributed by atoms with E-state index in [1.54, 1.807) is 4.90 Å². The minimum atomic E-state index is -0.384. The third-order valence-electron chi connectivity index (χ3n) is 10.8. The van der Waals surface area contributed by atoms with Crippen LogP contribution < -0.4 is 5.73 Å². The Morgan fingerprint density at radius 1 is 1.06 bits per heavy atom. The van der Waals surface area contributed by atoms with E-state index in [0.717, 1.165) is 31.1 Å². The van der Waals surface area contributed by atoms with E-state index in [1.165, 1.54) is 64.2 Å². The maximum atomic E-state index is 13.4. The summed E-state index contributed by atoms with van der Waals surface area (Å²) in [6.45, 7) is 8.26. The summed E-state index contributed by atoms with van der Waals surface area (Å²) in [6.07, 6.45) is 20.3. The Morgan fingerprint density at radius 3 is 2.53 bits per heavy atom. The Kier molecular flexibility index (Phi) is 7.53. The van der Waals surface area contributed by atoms with Gasteiger partial charge in [-0.15, -0.1) is 0 Å². The Balaban J connectivity index is 1.50. The fraction of sp³-hybridized carbons (Fsp3) is 0.862. The van der Waals surface area contributed by atoms with Crippen molar-refractivity contribution in [1.29, 1.82) is 0 Å². The van der Waals surface area contributed by atoms with Gasteiger partial charge in [-0.05, 0) is 61.7 Å². The van der Waals surface area contributed by atoms with E-state index >= 15 is 0 Å². The predicted molar refractivity (Wildman–Crippen MR) is 138 cm³/mol. The highest BCUT2D eigenvalue weighted by Gasteiger charge is 2.63. The molecule has 1 unspecified atom stereocenters. The van der Waals surface area contributed by atoms with Crippen molar-refractivity contribution >= 4 is 11.9 Å². The summed E-state index contributed by atoms with van der Waals surface area (Å²) in [5, 5.41) is 0.